The third kappa shape index (κ3) is 3.68. The molecule has 2 aromatic rings. The van der Waals surface area contributed by atoms with Crippen molar-refractivity contribution >= 4 is 11.9 Å². The Hall–Kier alpha value is -2.63. The Bertz CT molecular complexity index is 840. The number of hydrogen-bond acceptors (Lipinski definition) is 4. The summed E-state index contributed by atoms with van der Waals surface area (Å²) in [4.78, 5) is 32.0. The maximum Gasteiger partial charge on any atom is 0.329 e. The van der Waals surface area contributed by atoms with Gasteiger partial charge in [0.05, 0.1) is 31.4 Å². The number of benzene rings is 1. The van der Waals surface area contributed by atoms with Crippen LogP contribution in [0.3, 0.4) is 0 Å². The quantitative estimate of drug-likeness (QED) is 0.764. The van der Waals surface area contributed by atoms with Crippen LogP contribution in [-0.2, 0) is 33.8 Å². The first-order chi connectivity index (χ1) is 13.7. The Morgan fingerprint density at radius 3 is 2.61 bits per heavy atom. The minimum absolute atomic E-state index is 0.0213. The van der Waals surface area contributed by atoms with Crippen LogP contribution in [0.25, 0.3) is 0 Å². The number of methoxy groups -OCH3 is 1. The van der Waals surface area contributed by atoms with Gasteiger partial charge in [-0.25, -0.2) is 9.78 Å². The molecule has 2 heterocycles. The molecule has 1 aliphatic heterocycles. The standard InChI is InChI=1S/C22H27N3O3/c1-28-22(27)19-12-18-20(14-25(19)21(26)17-10-6-3-7-11-17)24(15-23-18)13-16-8-4-2-5-9-16/h2,4-5,8-9,15,17,19H,3,6-7,10-14H2,1H3/t19-/m0/s1. The lowest BCUT2D eigenvalue weighted by Gasteiger charge is -2.37. The molecule has 148 valence electrons. The summed E-state index contributed by atoms with van der Waals surface area (Å²) in [5, 5.41) is 0. The molecule has 1 aromatic heterocycles. The Labute approximate surface area is 165 Å². The number of hydrogen-bond donors (Lipinski definition) is 0. The van der Waals surface area contributed by atoms with Gasteiger partial charge >= 0.3 is 5.97 Å². The van der Waals surface area contributed by atoms with Gasteiger partial charge in [0.25, 0.3) is 0 Å². The normalized spacial score (nSPS) is 19.9. The first kappa shape index (κ1) is 18.7. The topological polar surface area (TPSA) is 64.4 Å². The fraction of sp³-hybridized carbons (Fsp3) is 0.500. The number of imidazole rings is 1. The largest absolute Gasteiger partial charge is 0.467 e. The Morgan fingerprint density at radius 1 is 1.14 bits per heavy atom. The van der Waals surface area contributed by atoms with Crippen LogP contribution in [0.5, 0.6) is 0 Å². The van der Waals surface area contributed by atoms with E-state index in [-0.39, 0.29) is 17.8 Å². The molecule has 4 rings (SSSR count). The van der Waals surface area contributed by atoms with Crippen molar-refractivity contribution in [2.45, 2.75) is 57.7 Å². The number of ether oxygens (including phenoxy) is 1. The molecule has 1 fully saturated rings. The van der Waals surface area contributed by atoms with Crippen molar-refractivity contribution < 1.29 is 14.3 Å². The van der Waals surface area contributed by atoms with E-state index in [1.54, 1.807) is 4.90 Å². The molecule has 2 aliphatic rings. The first-order valence-electron chi connectivity index (χ1n) is 10.1. The Balaban J connectivity index is 1.61. The molecule has 1 saturated carbocycles. The van der Waals surface area contributed by atoms with Crippen LogP contribution in [0.2, 0.25) is 0 Å². The smallest absolute Gasteiger partial charge is 0.329 e. The van der Waals surface area contributed by atoms with Crippen molar-refractivity contribution in [3.8, 4) is 0 Å². The predicted molar refractivity (Wildman–Crippen MR) is 104 cm³/mol. The van der Waals surface area contributed by atoms with E-state index in [2.05, 4.69) is 21.7 Å². The molecular formula is C22H27N3O3. The minimum Gasteiger partial charge on any atom is -0.467 e. The van der Waals surface area contributed by atoms with E-state index in [9.17, 15) is 9.59 Å². The zero-order valence-electron chi connectivity index (χ0n) is 16.3. The van der Waals surface area contributed by atoms with E-state index in [1.807, 2.05) is 24.5 Å². The molecule has 28 heavy (non-hydrogen) atoms. The second-order valence-electron chi connectivity index (χ2n) is 7.80. The van der Waals surface area contributed by atoms with Gasteiger partial charge in [-0.2, -0.15) is 0 Å². The van der Waals surface area contributed by atoms with Gasteiger partial charge in [0.1, 0.15) is 6.04 Å². The molecule has 0 radical (unpaired) electrons. The maximum absolute atomic E-state index is 13.3. The summed E-state index contributed by atoms with van der Waals surface area (Å²) in [7, 11) is 1.38. The van der Waals surface area contributed by atoms with Crippen molar-refractivity contribution in [2.24, 2.45) is 5.92 Å². The third-order valence-corrected chi connectivity index (χ3v) is 6.02. The molecule has 0 saturated heterocycles. The summed E-state index contributed by atoms with van der Waals surface area (Å²) in [5.41, 5.74) is 3.09. The fourth-order valence-corrected chi connectivity index (χ4v) is 4.45. The number of amides is 1. The van der Waals surface area contributed by atoms with Crippen LogP contribution in [0.15, 0.2) is 36.7 Å². The van der Waals surface area contributed by atoms with Crippen molar-refractivity contribution in [2.75, 3.05) is 7.11 Å². The van der Waals surface area contributed by atoms with E-state index in [0.29, 0.717) is 19.5 Å². The third-order valence-electron chi connectivity index (χ3n) is 6.02. The number of carbonyl (C=O) groups is 2. The molecule has 0 unspecified atom stereocenters. The van der Waals surface area contributed by atoms with E-state index < -0.39 is 6.04 Å². The Morgan fingerprint density at radius 2 is 1.89 bits per heavy atom. The van der Waals surface area contributed by atoms with Gasteiger partial charge in [-0.3, -0.25) is 4.79 Å². The van der Waals surface area contributed by atoms with Crippen LogP contribution in [0, 0.1) is 5.92 Å². The van der Waals surface area contributed by atoms with Gasteiger partial charge < -0.3 is 14.2 Å². The summed E-state index contributed by atoms with van der Waals surface area (Å²) < 4.78 is 7.10. The molecule has 0 bridgehead atoms. The van der Waals surface area contributed by atoms with Gasteiger partial charge in [0.2, 0.25) is 5.91 Å². The molecule has 6 nitrogen and oxygen atoms in total. The molecular weight excluding hydrogens is 354 g/mol. The van der Waals surface area contributed by atoms with E-state index in [0.717, 1.165) is 37.1 Å². The molecule has 1 aliphatic carbocycles. The lowest BCUT2D eigenvalue weighted by Crippen LogP contribution is -2.51. The number of carbonyl (C=O) groups excluding carboxylic acids is 2. The monoisotopic (exact) mass is 381 g/mol. The number of esters is 1. The second-order valence-corrected chi connectivity index (χ2v) is 7.80. The minimum atomic E-state index is -0.577. The van der Waals surface area contributed by atoms with Crippen LogP contribution in [-0.4, -0.2) is 39.5 Å². The lowest BCUT2D eigenvalue weighted by molar-refractivity contribution is -0.156. The second kappa shape index (κ2) is 8.17. The van der Waals surface area contributed by atoms with Crippen LogP contribution in [0.1, 0.15) is 49.1 Å². The summed E-state index contributed by atoms with van der Waals surface area (Å²) in [5.74, 6) is -0.242. The SMILES string of the molecule is COC(=O)[C@@H]1Cc2ncn(Cc3ccccc3)c2CN1C(=O)C1CCCCC1. The van der Waals surface area contributed by atoms with E-state index in [4.69, 9.17) is 4.74 Å². The highest BCUT2D eigenvalue weighted by Gasteiger charge is 2.40. The van der Waals surface area contributed by atoms with Gasteiger partial charge in [-0.15, -0.1) is 0 Å². The van der Waals surface area contributed by atoms with Crippen LogP contribution >= 0.6 is 0 Å². The average molecular weight is 381 g/mol. The van der Waals surface area contributed by atoms with E-state index >= 15 is 0 Å². The van der Waals surface area contributed by atoms with Gasteiger partial charge in [-0.1, -0.05) is 49.6 Å². The molecule has 0 N–H and O–H groups in total. The molecule has 1 amide bonds. The van der Waals surface area contributed by atoms with E-state index in [1.165, 1.54) is 19.1 Å². The highest BCUT2D eigenvalue weighted by atomic mass is 16.5. The summed E-state index contributed by atoms with van der Waals surface area (Å²) in [6, 6.07) is 9.62. The van der Waals surface area contributed by atoms with Gasteiger partial charge in [-0.05, 0) is 18.4 Å². The molecule has 6 heteroatoms. The predicted octanol–water partition coefficient (Wildman–Crippen LogP) is 2.94. The first-order valence-corrected chi connectivity index (χ1v) is 10.1. The highest BCUT2D eigenvalue weighted by molar-refractivity contribution is 5.86. The van der Waals surface area contributed by atoms with Gasteiger partial charge in [0, 0.05) is 18.9 Å². The number of nitrogens with zero attached hydrogens (tertiary/aromatic N) is 3. The van der Waals surface area contributed by atoms with Crippen LogP contribution < -0.4 is 0 Å². The zero-order chi connectivity index (χ0) is 19.5. The lowest BCUT2D eigenvalue weighted by atomic mass is 9.87. The summed E-state index contributed by atoms with van der Waals surface area (Å²) in [6.45, 7) is 1.12. The number of fused-ring (bicyclic) bond motifs is 1. The number of aromatic nitrogens is 2. The molecule has 1 atom stereocenters. The van der Waals surface area contributed by atoms with Crippen LogP contribution in [0.4, 0.5) is 0 Å². The van der Waals surface area contributed by atoms with Crippen molar-refractivity contribution in [1.29, 1.82) is 0 Å². The fourth-order valence-electron chi connectivity index (χ4n) is 4.45. The summed E-state index contributed by atoms with van der Waals surface area (Å²) in [6.07, 6.45) is 7.44. The molecule has 0 spiro atoms. The number of rotatable bonds is 4. The maximum atomic E-state index is 13.3. The molecule has 1 aromatic carbocycles. The zero-order valence-corrected chi connectivity index (χ0v) is 16.3. The van der Waals surface area contributed by atoms with Gasteiger partial charge in [0.15, 0.2) is 0 Å². The van der Waals surface area contributed by atoms with Crippen molar-refractivity contribution in [3.05, 3.63) is 53.6 Å². The Kier molecular flexibility index (Phi) is 5.46. The average Bonchev–Trinajstić information content (AvgIpc) is 3.14. The summed E-state index contributed by atoms with van der Waals surface area (Å²) >= 11 is 0. The van der Waals surface area contributed by atoms with Crippen molar-refractivity contribution in [3.63, 3.8) is 0 Å². The van der Waals surface area contributed by atoms with Crippen molar-refractivity contribution in [1.82, 2.24) is 14.5 Å². The highest BCUT2D eigenvalue weighted by Crippen LogP contribution is 2.30.